The van der Waals surface area contributed by atoms with E-state index in [0.29, 0.717) is 30.0 Å². The Morgan fingerprint density at radius 3 is 3.00 bits per heavy atom. The molecule has 0 saturated carbocycles. The van der Waals surface area contributed by atoms with Crippen LogP contribution in [0.15, 0.2) is 36.5 Å². The van der Waals surface area contributed by atoms with Crippen LogP contribution in [0.25, 0.3) is 10.9 Å². The SMILES string of the molecule is CN1C[C@H](C(=O)Nc2ccc(CN)nn2)C[C@@H]2c3cccc4[nH]cc(c34)C[C@H]21. The van der Waals surface area contributed by atoms with E-state index in [2.05, 4.69) is 56.8 Å². The van der Waals surface area contributed by atoms with Gasteiger partial charge in [0.05, 0.1) is 11.6 Å². The molecule has 3 aromatic rings. The third-order valence-electron chi connectivity index (χ3n) is 6.28. The van der Waals surface area contributed by atoms with Crippen LogP contribution in [0.1, 0.15) is 29.2 Å². The number of H-pyrrole nitrogens is 1. The number of rotatable bonds is 3. The highest BCUT2D eigenvalue weighted by Crippen LogP contribution is 2.44. The van der Waals surface area contributed by atoms with Crippen molar-refractivity contribution in [3.8, 4) is 0 Å². The molecule has 5 rings (SSSR count). The van der Waals surface area contributed by atoms with Crippen molar-refractivity contribution in [2.75, 3.05) is 18.9 Å². The maximum atomic E-state index is 12.9. The van der Waals surface area contributed by atoms with Crippen LogP contribution in [-0.2, 0) is 17.8 Å². The van der Waals surface area contributed by atoms with Gasteiger partial charge in [0.25, 0.3) is 0 Å². The third-order valence-corrected chi connectivity index (χ3v) is 6.28. The number of benzene rings is 1. The zero-order valence-corrected chi connectivity index (χ0v) is 15.9. The van der Waals surface area contributed by atoms with Gasteiger partial charge in [-0.3, -0.25) is 4.79 Å². The van der Waals surface area contributed by atoms with E-state index in [1.54, 1.807) is 12.1 Å². The number of fused-ring (bicyclic) bond motifs is 2. The number of hydrogen-bond acceptors (Lipinski definition) is 5. The summed E-state index contributed by atoms with van der Waals surface area (Å²) in [5, 5.41) is 12.4. The van der Waals surface area contributed by atoms with Crippen molar-refractivity contribution in [3.05, 3.63) is 53.3 Å². The number of nitrogens with zero attached hydrogens (tertiary/aromatic N) is 3. The first-order chi connectivity index (χ1) is 13.6. The molecule has 1 aromatic carbocycles. The number of amides is 1. The van der Waals surface area contributed by atoms with E-state index in [4.69, 9.17) is 5.73 Å². The molecule has 2 aromatic heterocycles. The monoisotopic (exact) mass is 376 g/mol. The molecule has 3 heterocycles. The number of hydrogen-bond donors (Lipinski definition) is 3. The Bertz CT molecular complexity index is 1030. The Morgan fingerprint density at radius 2 is 2.21 bits per heavy atom. The summed E-state index contributed by atoms with van der Waals surface area (Å²) >= 11 is 0. The van der Waals surface area contributed by atoms with Crippen molar-refractivity contribution in [2.24, 2.45) is 11.7 Å². The number of carbonyl (C=O) groups is 1. The molecule has 3 atom stereocenters. The van der Waals surface area contributed by atoms with E-state index < -0.39 is 0 Å². The highest BCUT2D eigenvalue weighted by atomic mass is 16.2. The van der Waals surface area contributed by atoms with Gasteiger partial charge in [0, 0.05) is 42.1 Å². The molecule has 28 heavy (non-hydrogen) atoms. The molecule has 2 aliphatic rings. The summed E-state index contributed by atoms with van der Waals surface area (Å²) < 4.78 is 0. The largest absolute Gasteiger partial charge is 0.361 e. The quantitative estimate of drug-likeness (QED) is 0.649. The van der Waals surface area contributed by atoms with E-state index in [-0.39, 0.29) is 11.8 Å². The first kappa shape index (κ1) is 17.3. The van der Waals surface area contributed by atoms with Gasteiger partial charge in [-0.05, 0) is 49.2 Å². The lowest BCUT2D eigenvalue weighted by molar-refractivity contribution is -0.122. The predicted octanol–water partition coefficient (Wildman–Crippen LogP) is 2.02. The lowest BCUT2D eigenvalue weighted by atomic mass is 9.72. The maximum Gasteiger partial charge on any atom is 0.230 e. The van der Waals surface area contributed by atoms with Crippen molar-refractivity contribution < 1.29 is 4.79 Å². The fourth-order valence-corrected chi connectivity index (χ4v) is 4.90. The van der Waals surface area contributed by atoms with E-state index in [1.165, 1.54) is 22.0 Å². The molecule has 7 heteroatoms. The topological polar surface area (TPSA) is 99.9 Å². The number of likely N-dealkylation sites (N-methyl/N-ethyl adjacent to an activating group) is 1. The second-order valence-electron chi connectivity index (χ2n) is 7.94. The van der Waals surface area contributed by atoms with Gasteiger partial charge >= 0.3 is 0 Å². The predicted molar refractivity (Wildman–Crippen MR) is 108 cm³/mol. The lowest BCUT2D eigenvalue weighted by Gasteiger charge is -2.45. The minimum Gasteiger partial charge on any atom is -0.361 e. The molecule has 0 spiro atoms. The van der Waals surface area contributed by atoms with E-state index in [0.717, 1.165) is 19.4 Å². The number of piperidine rings is 1. The lowest BCUT2D eigenvalue weighted by Crippen LogP contribution is -2.50. The minimum atomic E-state index is -0.0852. The van der Waals surface area contributed by atoms with Crippen LogP contribution >= 0.6 is 0 Å². The number of aromatic nitrogens is 3. The second-order valence-corrected chi connectivity index (χ2v) is 7.94. The molecule has 0 radical (unpaired) electrons. The molecule has 7 nitrogen and oxygen atoms in total. The first-order valence-electron chi connectivity index (χ1n) is 9.76. The number of nitrogens with one attached hydrogen (secondary N) is 2. The number of likely N-dealkylation sites (tertiary alicyclic amines) is 1. The van der Waals surface area contributed by atoms with Crippen molar-refractivity contribution in [2.45, 2.75) is 31.3 Å². The average Bonchev–Trinajstić information content (AvgIpc) is 3.13. The minimum absolute atomic E-state index is 0.00661. The van der Waals surface area contributed by atoms with Crippen molar-refractivity contribution in [3.63, 3.8) is 0 Å². The smallest absolute Gasteiger partial charge is 0.230 e. The summed E-state index contributed by atoms with van der Waals surface area (Å²) in [7, 11) is 2.13. The Kier molecular flexibility index (Phi) is 4.14. The van der Waals surface area contributed by atoms with Crippen LogP contribution < -0.4 is 11.1 Å². The van der Waals surface area contributed by atoms with E-state index in [9.17, 15) is 4.79 Å². The molecule has 1 aliphatic carbocycles. The van der Waals surface area contributed by atoms with Gasteiger partial charge in [0.2, 0.25) is 5.91 Å². The molecular weight excluding hydrogens is 352 g/mol. The van der Waals surface area contributed by atoms with Crippen LogP contribution in [0.2, 0.25) is 0 Å². The molecule has 0 bridgehead atoms. The van der Waals surface area contributed by atoms with E-state index in [1.807, 2.05) is 0 Å². The zero-order valence-electron chi connectivity index (χ0n) is 15.9. The molecule has 4 N–H and O–H groups in total. The van der Waals surface area contributed by atoms with Crippen molar-refractivity contribution in [1.82, 2.24) is 20.1 Å². The van der Waals surface area contributed by atoms with Crippen molar-refractivity contribution in [1.29, 1.82) is 0 Å². The molecular formula is C21H24N6O. The Morgan fingerprint density at radius 1 is 1.32 bits per heavy atom. The standard InChI is InChI=1S/C21H24N6O/c1-27-11-13(21(28)24-19-6-5-14(9-22)25-26-19)7-16-15-3-2-4-17-20(15)12(10-23-17)8-18(16)27/h2-6,10,13,16,18,23H,7-9,11,22H2,1H3,(H,24,26,28)/t13-,16-,18-/m1/s1. The van der Waals surface area contributed by atoms with Gasteiger partial charge in [0.1, 0.15) is 0 Å². The summed E-state index contributed by atoms with van der Waals surface area (Å²) in [6, 6.07) is 10.4. The Balaban J connectivity index is 1.39. The van der Waals surface area contributed by atoms with Crippen LogP contribution in [-0.4, -0.2) is 45.6 Å². The summed E-state index contributed by atoms with van der Waals surface area (Å²) in [5.41, 5.74) is 10.2. The van der Waals surface area contributed by atoms with Gasteiger partial charge in [-0.1, -0.05) is 12.1 Å². The molecule has 1 aliphatic heterocycles. The van der Waals surface area contributed by atoms with Crippen LogP contribution in [0.3, 0.4) is 0 Å². The fraction of sp³-hybridized carbons (Fsp3) is 0.381. The van der Waals surface area contributed by atoms with Crippen molar-refractivity contribution >= 4 is 22.6 Å². The first-order valence-corrected chi connectivity index (χ1v) is 9.76. The van der Waals surface area contributed by atoms with Crippen LogP contribution in [0.4, 0.5) is 5.82 Å². The second kappa shape index (κ2) is 6.68. The third kappa shape index (κ3) is 2.78. The van der Waals surface area contributed by atoms with E-state index >= 15 is 0 Å². The average molecular weight is 376 g/mol. The highest BCUT2D eigenvalue weighted by Gasteiger charge is 2.41. The normalized spacial score (nSPS) is 24.1. The van der Waals surface area contributed by atoms with Gasteiger partial charge in [-0.25, -0.2) is 0 Å². The molecule has 1 amide bonds. The maximum absolute atomic E-state index is 12.9. The number of aromatic amines is 1. The van der Waals surface area contributed by atoms with Gasteiger partial charge in [-0.15, -0.1) is 5.10 Å². The summed E-state index contributed by atoms with van der Waals surface area (Å²) in [5.74, 6) is 0.753. The zero-order chi connectivity index (χ0) is 19.3. The summed E-state index contributed by atoms with van der Waals surface area (Å²) in [6.07, 6.45) is 4.01. The Hall–Kier alpha value is -2.77. The fourth-order valence-electron chi connectivity index (χ4n) is 4.90. The van der Waals surface area contributed by atoms with Gasteiger partial charge in [-0.2, -0.15) is 5.10 Å². The molecule has 1 saturated heterocycles. The molecule has 0 unspecified atom stereocenters. The number of nitrogens with two attached hydrogens (primary N) is 1. The van der Waals surface area contributed by atoms with Gasteiger partial charge in [0.15, 0.2) is 5.82 Å². The summed E-state index contributed by atoms with van der Waals surface area (Å²) in [6.45, 7) is 1.08. The van der Waals surface area contributed by atoms with Crippen LogP contribution in [0, 0.1) is 5.92 Å². The molecule has 144 valence electrons. The number of anilines is 1. The number of carbonyl (C=O) groups excluding carboxylic acids is 1. The van der Waals surface area contributed by atoms with Gasteiger partial charge < -0.3 is 20.9 Å². The summed E-state index contributed by atoms with van der Waals surface area (Å²) in [4.78, 5) is 18.7. The Labute approximate surface area is 163 Å². The highest BCUT2D eigenvalue weighted by molar-refractivity contribution is 5.92. The molecule has 1 fully saturated rings. The van der Waals surface area contributed by atoms with Crippen LogP contribution in [0.5, 0.6) is 0 Å².